The van der Waals surface area contributed by atoms with E-state index < -0.39 is 29.7 Å². The summed E-state index contributed by atoms with van der Waals surface area (Å²) in [6, 6.07) is -3.29. The molecule has 0 saturated heterocycles. The van der Waals surface area contributed by atoms with Crippen LogP contribution in [0.2, 0.25) is 0 Å². The number of hydrogen-bond acceptors (Lipinski definition) is 3. The van der Waals surface area contributed by atoms with Gasteiger partial charge in [0.05, 0.1) is 0 Å². The van der Waals surface area contributed by atoms with E-state index in [0.29, 0.717) is 12.2 Å². The molecule has 0 aromatic rings. The molecule has 0 aromatic heterocycles. The highest BCUT2D eigenvalue weighted by atomic mass is 19.3. The van der Waals surface area contributed by atoms with Gasteiger partial charge >= 0.3 is 0 Å². The Morgan fingerprint density at radius 1 is 0.947 bits per heavy atom. The fraction of sp³-hybridized carbons (Fsp3) is 0.333. The lowest BCUT2D eigenvalue weighted by Gasteiger charge is -2.22. The molecule has 0 saturated carbocycles. The summed E-state index contributed by atoms with van der Waals surface area (Å²) in [4.78, 5) is 0. The molecule has 0 amide bonds. The van der Waals surface area contributed by atoms with Gasteiger partial charge in [0, 0.05) is 6.08 Å². The number of allylic oxidation sites excluding steroid dienone is 3. The fourth-order valence-electron chi connectivity index (χ4n) is 1.60. The molecule has 0 fully saturated rings. The molecule has 102 valence electrons. The second kappa shape index (κ2) is 4.64. The van der Waals surface area contributed by atoms with Crippen LogP contribution in [-0.2, 0) is 0 Å². The van der Waals surface area contributed by atoms with Crippen molar-refractivity contribution in [1.29, 1.82) is 0 Å². The lowest BCUT2D eigenvalue weighted by molar-refractivity contribution is 0.0250. The Kier molecular flexibility index (Phi) is 3.30. The van der Waals surface area contributed by atoms with Gasteiger partial charge < -0.3 is 5.11 Å². The number of halogens is 4. The summed E-state index contributed by atoms with van der Waals surface area (Å²) in [5.41, 5.74) is 0. The van der Waals surface area contributed by atoms with Gasteiger partial charge in [0.2, 0.25) is 0 Å². The van der Waals surface area contributed by atoms with Crippen molar-refractivity contribution >= 4 is 0 Å². The number of aliphatic hydroxyl groups is 1. The highest BCUT2D eigenvalue weighted by Gasteiger charge is 2.41. The standard InChI is InChI=1S/C12H10F4N2O/c13-11(14)6-2-1-3-9(11)17-18-10-5-4-8(19)7-12(10,15)16/h1-7,9-10,19H. The molecule has 0 aliphatic heterocycles. The van der Waals surface area contributed by atoms with E-state index in [2.05, 4.69) is 10.2 Å². The summed E-state index contributed by atoms with van der Waals surface area (Å²) in [5.74, 6) is -7.29. The van der Waals surface area contributed by atoms with Crippen molar-refractivity contribution in [3.05, 3.63) is 48.3 Å². The van der Waals surface area contributed by atoms with Crippen molar-refractivity contribution in [2.45, 2.75) is 23.9 Å². The van der Waals surface area contributed by atoms with E-state index >= 15 is 0 Å². The van der Waals surface area contributed by atoms with Crippen LogP contribution in [0.4, 0.5) is 17.6 Å². The van der Waals surface area contributed by atoms with Crippen molar-refractivity contribution in [2.24, 2.45) is 10.2 Å². The molecular formula is C12H10F4N2O. The average molecular weight is 274 g/mol. The molecule has 0 bridgehead atoms. The molecule has 2 unspecified atom stereocenters. The van der Waals surface area contributed by atoms with E-state index in [1.165, 1.54) is 6.08 Å². The quantitative estimate of drug-likeness (QED) is 0.607. The monoisotopic (exact) mass is 274 g/mol. The normalized spacial score (nSPS) is 31.7. The van der Waals surface area contributed by atoms with E-state index in [9.17, 15) is 17.6 Å². The molecule has 2 atom stereocenters. The van der Waals surface area contributed by atoms with Crippen LogP contribution in [0, 0.1) is 0 Å². The Balaban J connectivity index is 2.14. The molecule has 3 nitrogen and oxygen atoms in total. The first kappa shape index (κ1) is 13.5. The summed E-state index contributed by atoms with van der Waals surface area (Å²) in [7, 11) is 0. The summed E-state index contributed by atoms with van der Waals surface area (Å²) >= 11 is 0. The summed E-state index contributed by atoms with van der Waals surface area (Å²) in [6.45, 7) is 0. The molecule has 2 aliphatic rings. The predicted molar refractivity (Wildman–Crippen MR) is 60.5 cm³/mol. The SMILES string of the molecule is OC1=CC(F)(F)C(N=NC2C=CC=CC2(F)F)C=C1. The Morgan fingerprint density at radius 3 is 2.16 bits per heavy atom. The van der Waals surface area contributed by atoms with Crippen molar-refractivity contribution in [3.63, 3.8) is 0 Å². The van der Waals surface area contributed by atoms with Gasteiger partial charge in [0.15, 0.2) is 12.1 Å². The zero-order valence-corrected chi connectivity index (χ0v) is 9.55. The lowest BCUT2D eigenvalue weighted by atomic mass is 10.0. The molecule has 0 heterocycles. The van der Waals surface area contributed by atoms with Gasteiger partial charge in [-0.3, -0.25) is 0 Å². The van der Waals surface area contributed by atoms with Crippen molar-refractivity contribution < 1.29 is 22.7 Å². The van der Waals surface area contributed by atoms with Gasteiger partial charge in [-0.25, -0.2) is 0 Å². The topological polar surface area (TPSA) is 45.0 Å². The minimum absolute atomic E-state index is 0.311. The van der Waals surface area contributed by atoms with Crippen LogP contribution in [0.5, 0.6) is 0 Å². The van der Waals surface area contributed by atoms with Crippen LogP contribution >= 0.6 is 0 Å². The summed E-state index contributed by atoms with van der Waals surface area (Å²) < 4.78 is 53.5. The largest absolute Gasteiger partial charge is 0.508 e. The molecule has 2 rings (SSSR count). The minimum atomic E-state index is -3.45. The summed E-state index contributed by atoms with van der Waals surface area (Å²) in [5, 5.41) is 15.5. The van der Waals surface area contributed by atoms with Crippen molar-refractivity contribution in [1.82, 2.24) is 0 Å². The Bertz CT molecular complexity index is 506. The van der Waals surface area contributed by atoms with Crippen LogP contribution in [0.3, 0.4) is 0 Å². The van der Waals surface area contributed by atoms with E-state index in [4.69, 9.17) is 5.11 Å². The van der Waals surface area contributed by atoms with Crippen LogP contribution in [-0.4, -0.2) is 29.0 Å². The molecule has 0 spiro atoms. The first-order valence-electron chi connectivity index (χ1n) is 5.43. The zero-order valence-electron chi connectivity index (χ0n) is 9.55. The summed E-state index contributed by atoms with van der Waals surface area (Å²) in [6.07, 6.45) is 6.48. The average Bonchev–Trinajstić information content (AvgIpc) is 2.28. The predicted octanol–water partition coefficient (Wildman–Crippen LogP) is 3.58. The second-order valence-corrected chi connectivity index (χ2v) is 4.14. The van der Waals surface area contributed by atoms with Gasteiger partial charge in [0.1, 0.15) is 5.76 Å². The fourth-order valence-corrected chi connectivity index (χ4v) is 1.60. The highest BCUT2D eigenvalue weighted by molar-refractivity contribution is 5.26. The maximum atomic E-state index is 13.4. The van der Waals surface area contributed by atoms with Crippen molar-refractivity contribution in [3.8, 4) is 0 Å². The number of azo groups is 1. The molecule has 1 N–H and O–H groups in total. The maximum Gasteiger partial charge on any atom is 0.297 e. The van der Waals surface area contributed by atoms with Gasteiger partial charge in [-0.2, -0.15) is 27.8 Å². The van der Waals surface area contributed by atoms with E-state index in [0.717, 1.165) is 24.3 Å². The molecule has 7 heteroatoms. The lowest BCUT2D eigenvalue weighted by Crippen LogP contribution is -2.32. The van der Waals surface area contributed by atoms with Gasteiger partial charge in [-0.15, -0.1) is 0 Å². The van der Waals surface area contributed by atoms with Gasteiger partial charge in [-0.1, -0.05) is 18.2 Å². The third-order valence-corrected chi connectivity index (χ3v) is 2.62. The zero-order chi connectivity index (χ0) is 14.1. The molecule has 0 aromatic carbocycles. The van der Waals surface area contributed by atoms with Gasteiger partial charge in [-0.05, 0) is 18.2 Å². The minimum Gasteiger partial charge on any atom is -0.508 e. The number of nitrogens with zero attached hydrogens (tertiary/aromatic N) is 2. The first-order valence-corrected chi connectivity index (χ1v) is 5.43. The number of alkyl halides is 4. The third-order valence-electron chi connectivity index (χ3n) is 2.62. The van der Waals surface area contributed by atoms with Gasteiger partial charge in [0.25, 0.3) is 11.8 Å². The number of rotatable bonds is 2. The molecule has 19 heavy (non-hydrogen) atoms. The Morgan fingerprint density at radius 2 is 1.58 bits per heavy atom. The van der Waals surface area contributed by atoms with E-state index in [-0.39, 0.29) is 0 Å². The second-order valence-electron chi connectivity index (χ2n) is 4.14. The van der Waals surface area contributed by atoms with E-state index in [1.807, 2.05) is 0 Å². The van der Waals surface area contributed by atoms with Crippen LogP contribution in [0.1, 0.15) is 0 Å². The van der Waals surface area contributed by atoms with Crippen LogP contribution < -0.4 is 0 Å². The molecular weight excluding hydrogens is 264 g/mol. The molecule has 0 radical (unpaired) electrons. The van der Waals surface area contributed by atoms with Crippen LogP contribution in [0.25, 0.3) is 0 Å². The Labute approximate surface area is 106 Å². The first-order chi connectivity index (χ1) is 8.81. The third kappa shape index (κ3) is 2.91. The number of aliphatic hydroxyl groups excluding tert-OH is 1. The van der Waals surface area contributed by atoms with Crippen molar-refractivity contribution in [2.75, 3.05) is 0 Å². The number of hydrogen-bond donors (Lipinski definition) is 1. The van der Waals surface area contributed by atoms with E-state index in [1.54, 1.807) is 0 Å². The smallest absolute Gasteiger partial charge is 0.297 e. The maximum absolute atomic E-state index is 13.4. The highest BCUT2D eigenvalue weighted by Crippen LogP contribution is 2.31. The molecule has 2 aliphatic carbocycles. The van der Waals surface area contributed by atoms with Crippen LogP contribution in [0.15, 0.2) is 58.5 Å². The Hall–Kier alpha value is -1.92.